The van der Waals surface area contributed by atoms with Gasteiger partial charge in [-0.2, -0.15) is 0 Å². The molecule has 0 aliphatic carbocycles. The molecular formula is C17H18N2O3S. The van der Waals surface area contributed by atoms with Crippen LogP contribution >= 0.6 is 11.3 Å². The molecule has 23 heavy (non-hydrogen) atoms. The third-order valence-corrected chi connectivity index (χ3v) is 5.25. The summed E-state index contributed by atoms with van der Waals surface area (Å²) < 4.78 is 12.0. The van der Waals surface area contributed by atoms with Crippen LogP contribution in [0.4, 0.5) is 0 Å². The SMILES string of the molecule is O=C(c1cccs1)N1C[C@@H](Oc2cccnc2)[C@@H]2OCCC[C@@H]21. The van der Waals surface area contributed by atoms with Crippen molar-refractivity contribution in [2.24, 2.45) is 0 Å². The van der Waals surface area contributed by atoms with E-state index in [2.05, 4.69) is 4.98 Å². The summed E-state index contributed by atoms with van der Waals surface area (Å²) >= 11 is 1.48. The molecule has 4 heterocycles. The largest absolute Gasteiger partial charge is 0.484 e. The standard InChI is InChI=1S/C17H18N2O3S/c20-17(15-6-3-9-23-15)19-11-14(16-13(19)5-2-8-21-16)22-12-4-1-7-18-10-12/h1,3-4,6-7,9-10,13-14,16H,2,5,8,11H2/t13-,14+,16+/m0/s1. The highest BCUT2D eigenvalue weighted by Gasteiger charge is 2.47. The Morgan fingerprint density at radius 1 is 1.39 bits per heavy atom. The van der Waals surface area contributed by atoms with Gasteiger partial charge in [0.1, 0.15) is 18.0 Å². The van der Waals surface area contributed by atoms with E-state index in [0.717, 1.165) is 30.1 Å². The van der Waals surface area contributed by atoms with Crippen LogP contribution in [0.1, 0.15) is 22.5 Å². The van der Waals surface area contributed by atoms with Crippen LogP contribution in [0.15, 0.2) is 42.0 Å². The van der Waals surface area contributed by atoms with E-state index in [1.165, 1.54) is 11.3 Å². The molecule has 3 atom stereocenters. The monoisotopic (exact) mass is 330 g/mol. The van der Waals surface area contributed by atoms with Gasteiger partial charge in [0.05, 0.1) is 23.7 Å². The molecule has 5 nitrogen and oxygen atoms in total. The van der Waals surface area contributed by atoms with E-state index in [1.54, 1.807) is 12.4 Å². The van der Waals surface area contributed by atoms with Crippen LogP contribution in [0.5, 0.6) is 5.75 Å². The first-order chi connectivity index (χ1) is 11.3. The van der Waals surface area contributed by atoms with Crippen LogP contribution in [-0.4, -0.2) is 47.2 Å². The van der Waals surface area contributed by atoms with Gasteiger partial charge in [-0.25, -0.2) is 0 Å². The van der Waals surface area contributed by atoms with Gasteiger partial charge in [0.2, 0.25) is 0 Å². The highest BCUT2D eigenvalue weighted by molar-refractivity contribution is 7.12. The van der Waals surface area contributed by atoms with Crippen LogP contribution in [-0.2, 0) is 4.74 Å². The number of carbonyl (C=O) groups is 1. The highest BCUT2D eigenvalue weighted by atomic mass is 32.1. The molecule has 2 fully saturated rings. The molecule has 2 aliphatic rings. The molecule has 0 N–H and O–H groups in total. The van der Waals surface area contributed by atoms with E-state index in [-0.39, 0.29) is 24.2 Å². The van der Waals surface area contributed by atoms with Crippen LogP contribution in [0, 0.1) is 0 Å². The number of hydrogen-bond acceptors (Lipinski definition) is 5. The zero-order valence-corrected chi connectivity index (χ0v) is 13.4. The van der Waals surface area contributed by atoms with Crippen molar-refractivity contribution in [3.63, 3.8) is 0 Å². The maximum atomic E-state index is 12.8. The molecule has 0 unspecified atom stereocenters. The lowest BCUT2D eigenvalue weighted by Gasteiger charge is -2.31. The Hall–Kier alpha value is -1.92. The Balaban J connectivity index is 1.56. The summed E-state index contributed by atoms with van der Waals surface area (Å²) in [6, 6.07) is 7.61. The highest BCUT2D eigenvalue weighted by Crippen LogP contribution is 2.33. The van der Waals surface area contributed by atoms with E-state index in [1.807, 2.05) is 34.5 Å². The second kappa shape index (κ2) is 6.29. The fraction of sp³-hybridized carbons (Fsp3) is 0.412. The van der Waals surface area contributed by atoms with E-state index in [4.69, 9.17) is 9.47 Å². The summed E-state index contributed by atoms with van der Waals surface area (Å²) in [7, 11) is 0. The van der Waals surface area contributed by atoms with Crippen molar-refractivity contribution in [2.75, 3.05) is 13.2 Å². The van der Waals surface area contributed by atoms with E-state index in [9.17, 15) is 4.79 Å². The first-order valence-electron chi connectivity index (χ1n) is 7.86. The molecule has 0 bridgehead atoms. The first-order valence-corrected chi connectivity index (χ1v) is 8.73. The normalized spacial score (nSPS) is 26.8. The summed E-state index contributed by atoms with van der Waals surface area (Å²) in [6.45, 7) is 1.29. The van der Waals surface area contributed by atoms with Crippen LogP contribution in [0.25, 0.3) is 0 Å². The molecule has 2 aromatic rings. The molecule has 0 spiro atoms. The number of carbonyl (C=O) groups excluding carboxylic acids is 1. The number of thiophene rings is 1. The zero-order chi connectivity index (χ0) is 15.6. The fourth-order valence-corrected chi connectivity index (χ4v) is 4.06. The predicted molar refractivity (Wildman–Crippen MR) is 86.8 cm³/mol. The summed E-state index contributed by atoms with van der Waals surface area (Å²) in [5, 5.41) is 1.93. The number of likely N-dealkylation sites (tertiary alicyclic amines) is 1. The summed E-state index contributed by atoms with van der Waals surface area (Å²) in [5.41, 5.74) is 0. The van der Waals surface area contributed by atoms with Gasteiger partial charge >= 0.3 is 0 Å². The third kappa shape index (κ3) is 2.84. The van der Waals surface area contributed by atoms with Gasteiger partial charge < -0.3 is 14.4 Å². The second-order valence-corrected chi connectivity index (χ2v) is 6.77. The maximum Gasteiger partial charge on any atom is 0.264 e. The van der Waals surface area contributed by atoms with Crippen molar-refractivity contribution in [3.05, 3.63) is 46.9 Å². The van der Waals surface area contributed by atoms with Crippen molar-refractivity contribution in [1.82, 2.24) is 9.88 Å². The molecule has 120 valence electrons. The van der Waals surface area contributed by atoms with Crippen LogP contribution < -0.4 is 4.74 Å². The number of nitrogens with zero attached hydrogens (tertiary/aromatic N) is 2. The second-order valence-electron chi connectivity index (χ2n) is 5.82. The van der Waals surface area contributed by atoms with E-state index >= 15 is 0 Å². The number of aromatic nitrogens is 1. The minimum absolute atomic E-state index is 0.0622. The van der Waals surface area contributed by atoms with Crippen molar-refractivity contribution in [2.45, 2.75) is 31.1 Å². The molecule has 4 rings (SSSR count). The Morgan fingerprint density at radius 3 is 3.13 bits per heavy atom. The van der Waals surface area contributed by atoms with Gasteiger partial charge in [0.15, 0.2) is 0 Å². The number of hydrogen-bond donors (Lipinski definition) is 0. The molecule has 6 heteroatoms. The van der Waals surface area contributed by atoms with Gasteiger partial charge in [-0.3, -0.25) is 9.78 Å². The van der Waals surface area contributed by atoms with Crippen molar-refractivity contribution >= 4 is 17.2 Å². The minimum Gasteiger partial charge on any atom is -0.484 e. The van der Waals surface area contributed by atoms with Crippen molar-refractivity contribution in [3.8, 4) is 5.75 Å². The molecule has 0 radical (unpaired) electrons. The maximum absolute atomic E-state index is 12.8. The Kier molecular flexibility index (Phi) is 4.01. The summed E-state index contributed by atoms with van der Waals surface area (Å²) in [6.07, 6.45) is 5.15. The Bertz CT molecular complexity index is 662. The van der Waals surface area contributed by atoms with E-state index in [0.29, 0.717) is 6.54 Å². The average molecular weight is 330 g/mol. The van der Waals surface area contributed by atoms with Gasteiger partial charge in [0.25, 0.3) is 5.91 Å². The number of amides is 1. The smallest absolute Gasteiger partial charge is 0.264 e. The molecule has 0 aromatic carbocycles. The number of pyridine rings is 1. The third-order valence-electron chi connectivity index (χ3n) is 4.39. The first kappa shape index (κ1) is 14.7. The van der Waals surface area contributed by atoms with Crippen molar-refractivity contribution in [1.29, 1.82) is 0 Å². The molecule has 2 aromatic heterocycles. The quantitative estimate of drug-likeness (QED) is 0.868. The molecule has 2 saturated heterocycles. The number of ether oxygens (including phenoxy) is 2. The minimum atomic E-state index is -0.145. The predicted octanol–water partition coefficient (Wildman–Crippen LogP) is 2.59. The molecule has 1 amide bonds. The van der Waals surface area contributed by atoms with Gasteiger partial charge in [-0.05, 0) is 36.4 Å². The number of rotatable bonds is 3. The summed E-state index contributed by atoms with van der Waals surface area (Å²) in [4.78, 5) is 19.6. The van der Waals surface area contributed by atoms with Crippen molar-refractivity contribution < 1.29 is 14.3 Å². The number of fused-ring (bicyclic) bond motifs is 1. The van der Waals surface area contributed by atoms with Crippen LogP contribution in [0.2, 0.25) is 0 Å². The lowest BCUT2D eigenvalue weighted by atomic mass is 10.0. The van der Waals surface area contributed by atoms with E-state index < -0.39 is 0 Å². The fourth-order valence-electron chi connectivity index (χ4n) is 3.38. The lowest BCUT2D eigenvalue weighted by Crippen LogP contribution is -2.44. The van der Waals surface area contributed by atoms with Gasteiger partial charge in [0, 0.05) is 12.8 Å². The van der Waals surface area contributed by atoms with Crippen LogP contribution in [0.3, 0.4) is 0 Å². The summed E-state index contributed by atoms with van der Waals surface area (Å²) in [5.74, 6) is 0.800. The molecule has 0 saturated carbocycles. The zero-order valence-electron chi connectivity index (χ0n) is 12.6. The Morgan fingerprint density at radius 2 is 2.35 bits per heavy atom. The molecule has 2 aliphatic heterocycles. The van der Waals surface area contributed by atoms with Gasteiger partial charge in [-0.1, -0.05) is 6.07 Å². The average Bonchev–Trinajstić information content (AvgIpc) is 3.24. The lowest BCUT2D eigenvalue weighted by molar-refractivity contribution is -0.0447. The topological polar surface area (TPSA) is 51.7 Å². The van der Waals surface area contributed by atoms with Gasteiger partial charge in [-0.15, -0.1) is 11.3 Å². The Labute approximate surface area is 138 Å². The molecular weight excluding hydrogens is 312 g/mol.